The predicted molar refractivity (Wildman–Crippen MR) is 597 cm³/mol. The fraction of sp³-hybridized carbons (Fsp3) is 0.984. The van der Waals surface area contributed by atoms with Crippen molar-refractivity contribution in [2.45, 2.75) is 623 Å². The molecule has 836 valence electrons. The lowest BCUT2D eigenvalue weighted by atomic mass is 9.56. The van der Waals surface area contributed by atoms with Crippen molar-refractivity contribution in [3.63, 3.8) is 0 Å². The summed E-state index contributed by atoms with van der Waals surface area (Å²) in [6, 6.07) is 0. The first-order valence-electron chi connectivity index (χ1n) is 58.5. The van der Waals surface area contributed by atoms with Crippen molar-refractivity contribution in [1.29, 1.82) is 0 Å². The van der Waals surface area contributed by atoms with Crippen LogP contribution >= 0.6 is 0 Å². The van der Waals surface area contributed by atoms with Crippen LogP contribution in [0.25, 0.3) is 0 Å². The molecule has 14 aliphatic rings. The van der Waals surface area contributed by atoms with Crippen LogP contribution in [0.15, 0.2) is 0 Å². The van der Waals surface area contributed by atoms with Crippen molar-refractivity contribution in [1.82, 2.24) is 0 Å². The summed E-state index contributed by atoms with van der Waals surface area (Å²) in [4.78, 5) is 21.4. The number of aliphatic carboxylic acids is 2. The van der Waals surface area contributed by atoms with Gasteiger partial charge < -0.3 is 40.9 Å². The lowest BCUT2D eigenvalue weighted by Gasteiger charge is -2.49. The van der Waals surface area contributed by atoms with Gasteiger partial charge in [0, 0.05) is 6.61 Å². The minimum Gasteiger partial charge on any atom is -0.481 e. The fourth-order valence-corrected chi connectivity index (χ4v) is 23.4. The van der Waals surface area contributed by atoms with Crippen molar-refractivity contribution in [3.05, 3.63) is 0 Å². The van der Waals surface area contributed by atoms with E-state index in [9.17, 15) is 48.3 Å². The van der Waals surface area contributed by atoms with Crippen molar-refractivity contribution in [2.75, 3.05) is 6.61 Å². The van der Waals surface area contributed by atoms with Crippen LogP contribution in [0.2, 0.25) is 0 Å². The number of aliphatic hydroxyl groups excluding tert-OH is 5. The SMILES string of the molecule is CC(C)(C)C1(C(=O)O)CC1.CC(C)(C)C1(C(F)(F)F)CC1.CC(C)(C)C1(C)CCC1.CC(C)(C)C1(CO)CC1.CC(C)(C)C1CC1.CC(C)(C)C1CCC(C(=O)O)CC1.CC(C)(C)C1CCC(O)C1.CC(C)(C)C1CCC(O)CC1.CC(C)(C)C1CCC1.CC(C)(C)C1CCCC1O.CC(C)(C)C1CCCCC1O.CC(C)C1(C)CC1.CC1(O)CCC(C(C)(C)C)CC1.CCCC1CCC(C(C)C)CC1. The lowest BCUT2D eigenvalue weighted by molar-refractivity contribution is -0.215. The topological polar surface area (TPSA) is 196 Å². The van der Waals surface area contributed by atoms with Crippen molar-refractivity contribution >= 4 is 11.9 Å². The number of aliphatic hydroxyl groups is 6. The molecule has 0 bridgehead atoms. The van der Waals surface area contributed by atoms with E-state index in [-0.39, 0.29) is 46.8 Å². The Bertz CT molecular complexity index is 3290. The quantitative estimate of drug-likeness (QED) is 0.121. The normalized spacial score (nSPS) is 29.4. The molecule has 140 heavy (non-hydrogen) atoms. The number of halogens is 3. The molecule has 14 rings (SSSR count). The second kappa shape index (κ2) is 55.7. The van der Waals surface area contributed by atoms with E-state index < -0.39 is 34.4 Å². The number of carbonyl (C=O) groups is 2. The molecule has 14 saturated carbocycles. The van der Waals surface area contributed by atoms with E-state index in [2.05, 4.69) is 256 Å². The largest absolute Gasteiger partial charge is 0.481 e. The van der Waals surface area contributed by atoms with Gasteiger partial charge in [-0.1, -0.05) is 356 Å². The van der Waals surface area contributed by atoms with Crippen LogP contribution in [0.5, 0.6) is 0 Å². The Labute approximate surface area is 869 Å². The Morgan fingerprint density at radius 2 is 0.686 bits per heavy atom. The maximum Gasteiger partial charge on any atom is 0.395 e. The molecule has 14 fully saturated rings. The maximum absolute atomic E-state index is 12.4. The van der Waals surface area contributed by atoms with Gasteiger partial charge in [-0.05, 0) is 384 Å². The van der Waals surface area contributed by atoms with Gasteiger partial charge in [0.25, 0.3) is 0 Å². The molecule has 0 aromatic carbocycles. The maximum atomic E-state index is 12.4. The molecule has 0 spiro atoms. The first-order chi connectivity index (χ1) is 62.9. The van der Waals surface area contributed by atoms with Gasteiger partial charge in [-0.15, -0.1) is 0 Å². The molecule has 8 N–H and O–H groups in total. The molecule has 0 aromatic heterocycles. The summed E-state index contributed by atoms with van der Waals surface area (Å²) in [6.45, 7) is 98.1. The smallest absolute Gasteiger partial charge is 0.395 e. The van der Waals surface area contributed by atoms with Gasteiger partial charge in [-0.3, -0.25) is 9.59 Å². The van der Waals surface area contributed by atoms with Gasteiger partial charge in [0.1, 0.15) is 0 Å². The van der Waals surface area contributed by atoms with E-state index in [1.807, 2.05) is 27.7 Å². The van der Waals surface area contributed by atoms with E-state index in [1.165, 1.54) is 180 Å². The van der Waals surface area contributed by atoms with Gasteiger partial charge in [-0.2, -0.15) is 13.2 Å². The second-order valence-corrected chi connectivity index (χ2v) is 62.7. The van der Waals surface area contributed by atoms with E-state index >= 15 is 0 Å². The average Bonchev–Trinajstić information content (AvgIpc) is 1.54. The molecule has 0 amide bonds. The molecule has 6 unspecified atom stereocenters. The van der Waals surface area contributed by atoms with Crippen LogP contribution in [0, 0.1) is 169 Å². The molecule has 0 radical (unpaired) electrons. The first kappa shape index (κ1) is 136. The van der Waals surface area contributed by atoms with Crippen molar-refractivity contribution in [2.24, 2.45) is 169 Å². The molecule has 14 aliphatic carbocycles. The minimum atomic E-state index is -4.01. The van der Waals surface area contributed by atoms with E-state index in [0.29, 0.717) is 96.8 Å². The van der Waals surface area contributed by atoms with Gasteiger partial charge in [0.2, 0.25) is 0 Å². The first-order valence-corrected chi connectivity index (χ1v) is 58.5. The monoisotopic (exact) mass is 1990 g/mol. The zero-order valence-corrected chi connectivity index (χ0v) is 102. The molecular formula is C127H247F3O10. The van der Waals surface area contributed by atoms with Crippen molar-refractivity contribution in [3.8, 4) is 0 Å². The summed E-state index contributed by atoms with van der Waals surface area (Å²) in [5, 5.41) is 74.2. The molecule has 10 nitrogen and oxygen atoms in total. The summed E-state index contributed by atoms with van der Waals surface area (Å²) < 4.78 is 37.2. The van der Waals surface area contributed by atoms with Crippen LogP contribution in [0.3, 0.4) is 0 Å². The number of carboxylic acids is 2. The van der Waals surface area contributed by atoms with Crippen LogP contribution in [0.4, 0.5) is 13.2 Å². The zero-order valence-electron chi connectivity index (χ0n) is 102. The standard InChI is InChI=1S/C12H24.C11H20O2.C11H22O.2C10H20O.2C9H18O.C9H18.C8H13F3.C8H14O2.C8H16O.C8H16.2C7H14/c1-4-5-11-6-8-12(9-7-11)10(2)3;1-11(2,3)9-6-4-8(5-7-9)10(12)13;1-10(2,3)9-5-7-11(4,12)8-6-9;1-10(2,3)8-4-6-9(11)7-5-8;1-10(2,3)8-6-4-5-7-9(8)11;1-9(2,3)7-4-5-8(10)6-7;1-9(2,3)7-5-4-6-8(7)10;1-8(2,3)9(4)6-5-7-9;1-6(2,3)7(4-5-7)8(9,10)11;1-7(2,3)8(4-5-8)6(9)10;1-7(2,3)8(6-9)4-5-8;1-8(2,3)7-5-4-6-7;1-7(2,3)6-4-5-6;1-6(2)7(3)4-5-7/h10-12H,4-9H2,1-3H3;8-9H,4-7H2,1-3H3,(H,12,13);9,12H,5-8H2,1-4H3;2*8-9,11H,4-7H2,1-3H3;2*7-8,10H,4-6H2,1-3H3;5-7H2,1-4H3;4-5H2,1-3H3;4-5H2,1-3H3,(H,9,10);9H,4-6H2,1-3H3;7H,4-6H2,1-3H3;2*6H,4-5H2,1-3H3. The summed E-state index contributed by atoms with van der Waals surface area (Å²) >= 11 is 0. The third-order valence-corrected chi connectivity index (χ3v) is 39.0. The number of hydrogen-bond donors (Lipinski definition) is 8. The highest BCUT2D eigenvalue weighted by atomic mass is 19.4. The highest BCUT2D eigenvalue weighted by Gasteiger charge is 2.69. The molecule has 0 aromatic rings. The Balaban J connectivity index is 0.000000756. The van der Waals surface area contributed by atoms with Crippen LogP contribution in [0.1, 0.15) is 587 Å². The summed E-state index contributed by atoms with van der Waals surface area (Å²) in [6.07, 6.45) is 48.3. The fourth-order valence-electron chi connectivity index (χ4n) is 23.4. The highest BCUT2D eigenvalue weighted by Crippen LogP contribution is 2.67. The molecule has 6 atom stereocenters. The second-order valence-electron chi connectivity index (χ2n) is 62.7. The minimum absolute atomic E-state index is 0.00593. The van der Waals surface area contributed by atoms with Gasteiger partial charge >= 0.3 is 18.1 Å². The zero-order chi connectivity index (χ0) is 109. The molecule has 0 saturated heterocycles. The van der Waals surface area contributed by atoms with Gasteiger partial charge in [0.05, 0.1) is 46.8 Å². The molecule has 0 heterocycles. The molecule has 0 aliphatic heterocycles. The molecular weight excluding hydrogens is 1740 g/mol. The van der Waals surface area contributed by atoms with E-state index in [0.717, 1.165) is 149 Å². The Kier molecular flexibility index (Phi) is 54.3. The Hall–Kier alpha value is -1.51. The summed E-state index contributed by atoms with van der Waals surface area (Å²) in [5.74, 6) is 8.86. The number of rotatable bonds is 7. The third-order valence-electron chi connectivity index (χ3n) is 39.0. The number of hydrogen-bond acceptors (Lipinski definition) is 8. The summed E-state index contributed by atoms with van der Waals surface area (Å²) in [5.41, 5.74) is 3.11. The lowest BCUT2D eigenvalue weighted by Crippen LogP contribution is -2.38. The van der Waals surface area contributed by atoms with E-state index in [1.54, 1.807) is 20.8 Å². The number of carboxylic acid groups (broad SMARTS) is 2. The van der Waals surface area contributed by atoms with Gasteiger partial charge in [-0.25, -0.2) is 0 Å². The van der Waals surface area contributed by atoms with Crippen molar-refractivity contribution < 1.29 is 63.6 Å². The third kappa shape index (κ3) is 48.8. The van der Waals surface area contributed by atoms with Gasteiger partial charge in [0.15, 0.2) is 0 Å². The predicted octanol–water partition coefficient (Wildman–Crippen LogP) is 37.7. The average molecular weight is 1990 g/mol. The Morgan fingerprint density at radius 3 is 0.850 bits per heavy atom. The summed E-state index contributed by atoms with van der Waals surface area (Å²) in [7, 11) is 0. The van der Waals surface area contributed by atoms with Crippen LogP contribution in [-0.4, -0.2) is 95.6 Å². The molecule has 13 heteroatoms. The van der Waals surface area contributed by atoms with Crippen LogP contribution < -0.4 is 0 Å². The Morgan fingerprint density at radius 1 is 0.343 bits per heavy atom. The van der Waals surface area contributed by atoms with Crippen LogP contribution in [-0.2, 0) is 9.59 Å². The van der Waals surface area contributed by atoms with E-state index in [4.69, 9.17) is 15.3 Å². The number of alkyl halides is 3. The highest BCUT2D eigenvalue weighted by molar-refractivity contribution is 5.78.